The van der Waals surface area contributed by atoms with E-state index in [4.69, 9.17) is 23.7 Å². The molecule has 2 saturated heterocycles. The Balaban J connectivity index is 1.26. The zero-order valence-electron chi connectivity index (χ0n) is 30.6. The van der Waals surface area contributed by atoms with E-state index in [0.717, 1.165) is 32.1 Å². The number of cyclic esters (lactones) is 2. The van der Waals surface area contributed by atoms with Gasteiger partial charge in [-0.05, 0) is 91.4 Å². The molecule has 3 saturated carbocycles. The van der Waals surface area contributed by atoms with Crippen LogP contribution in [0.3, 0.4) is 0 Å². The van der Waals surface area contributed by atoms with E-state index in [-0.39, 0.29) is 58.0 Å². The van der Waals surface area contributed by atoms with Crippen LogP contribution in [0.1, 0.15) is 99.8 Å². The molecule has 12 nitrogen and oxygen atoms in total. The first kappa shape index (κ1) is 37.7. The van der Waals surface area contributed by atoms with E-state index in [9.17, 15) is 34.8 Å². The number of hydrogen-bond acceptors (Lipinski definition) is 12. The quantitative estimate of drug-likeness (QED) is 0.165. The largest absolute Gasteiger partial charge is 0.465 e. The molecule has 0 aromatic carbocycles. The Morgan fingerprint density at radius 1 is 1.00 bits per heavy atom. The van der Waals surface area contributed by atoms with E-state index in [0.29, 0.717) is 31.4 Å². The molecule has 6 rings (SSSR count). The zero-order chi connectivity index (χ0) is 36.6. The molecule has 0 bridgehead atoms. The molecular formula is C38H58O12. The van der Waals surface area contributed by atoms with Gasteiger partial charge in [-0.2, -0.15) is 0 Å². The summed E-state index contributed by atoms with van der Waals surface area (Å²) < 4.78 is 29.6. The Kier molecular flexibility index (Phi) is 10.1. The lowest BCUT2D eigenvalue weighted by atomic mass is 9.34. The summed E-state index contributed by atoms with van der Waals surface area (Å²) in [5.41, 5.74) is -0.625. The Morgan fingerprint density at radius 3 is 2.32 bits per heavy atom. The number of aliphatic hydroxyl groups excluding tert-OH is 4. The average molecular weight is 707 g/mol. The summed E-state index contributed by atoms with van der Waals surface area (Å²) in [6.07, 6.45) is -0.395. The highest BCUT2D eigenvalue weighted by Gasteiger charge is 2.71. The molecule has 50 heavy (non-hydrogen) atoms. The summed E-state index contributed by atoms with van der Waals surface area (Å²) in [7, 11) is 0. The van der Waals surface area contributed by atoms with Crippen molar-refractivity contribution in [2.75, 3.05) is 13.2 Å². The van der Waals surface area contributed by atoms with Gasteiger partial charge in [0.2, 0.25) is 0 Å². The van der Waals surface area contributed by atoms with E-state index in [1.807, 2.05) is 0 Å². The van der Waals surface area contributed by atoms with Crippen LogP contribution in [0.15, 0.2) is 11.6 Å². The van der Waals surface area contributed by atoms with Gasteiger partial charge in [0, 0.05) is 24.3 Å². The second-order valence-corrected chi connectivity index (χ2v) is 17.5. The van der Waals surface area contributed by atoms with Crippen LogP contribution in [0, 0.1) is 45.3 Å². The minimum Gasteiger partial charge on any atom is -0.465 e. The van der Waals surface area contributed by atoms with Gasteiger partial charge in [-0.15, -0.1) is 0 Å². The van der Waals surface area contributed by atoms with Crippen molar-refractivity contribution >= 4 is 17.9 Å². The van der Waals surface area contributed by atoms with E-state index >= 15 is 0 Å². The lowest BCUT2D eigenvalue weighted by molar-refractivity contribution is -0.331. The Labute approximate surface area is 295 Å². The number of rotatable bonds is 8. The van der Waals surface area contributed by atoms with Crippen molar-refractivity contribution in [3.63, 3.8) is 0 Å². The molecule has 12 heteroatoms. The Bertz CT molecular complexity index is 1360. The molecule has 4 N–H and O–H groups in total. The van der Waals surface area contributed by atoms with Crippen LogP contribution in [-0.2, 0) is 38.1 Å². The molecule has 3 aliphatic carbocycles. The topological polar surface area (TPSA) is 178 Å². The summed E-state index contributed by atoms with van der Waals surface area (Å²) in [5, 5.41) is 41.2. The first-order valence-corrected chi connectivity index (χ1v) is 18.6. The van der Waals surface area contributed by atoms with Gasteiger partial charge in [0.05, 0.1) is 25.7 Å². The molecule has 0 aromatic rings. The molecule has 3 aliphatic heterocycles. The predicted molar refractivity (Wildman–Crippen MR) is 178 cm³/mol. The van der Waals surface area contributed by atoms with Crippen LogP contribution in [0.4, 0.5) is 0 Å². The lowest BCUT2D eigenvalue weighted by Crippen LogP contribution is -2.67. The van der Waals surface area contributed by atoms with E-state index < -0.39 is 60.9 Å². The fraction of sp³-hybridized carbons (Fsp3) is 0.868. The average Bonchev–Trinajstić information content (AvgIpc) is 3.59. The van der Waals surface area contributed by atoms with Crippen LogP contribution in [-0.4, -0.2) is 101 Å². The van der Waals surface area contributed by atoms with E-state index in [1.54, 1.807) is 13.0 Å². The summed E-state index contributed by atoms with van der Waals surface area (Å²) in [6.45, 7) is 14.2. The first-order valence-electron chi connectivity index (χ1n) is 18.6. The SMILES string of the molecule is CC(=O)O[C@@H](C[C@@H]1C=C(C)C(=O)O1)[C@H](C)[C@H]1CC[C@@H]2[C@@]3(C)CC[C@H](O[C@@H]4O[C@H](CO)[C@@H](O)[C@H](O)[C@H]4O)C(C)(C)[C@@H]3CC[C@@]2(C)[C@@]12COC(=O)C2. The number of carbonyl (C=O) groups excluding carboxylic acids is 3. The highest BCUT2D eigenvalue weighted by molar-refractivity contribution is 5.90. The standard InChI is InChI=1S/C38H58O12/c1-19-14-22(48-33(19)45)15-24(47-21(3)40)20(2)23-8-9-27-36(6)12-11-28(50-34-32(44)31(43)30(42)25(17-39)49-34)35(4,5)26(36)10-13-37(27,7)38(23)16-29(41)46-18-38/h14,20,22-28,30-32,34,39,42-44H,8-13,15-18H2,1-7H3/t20-,22+,23-,24+,25-,26+,27-,28+,30-,31+,32-,34+,36+,37-,38+/m1/s1. The van der Waals surface area contributed by atoms with Crippen molar-refractivity contribution in [3.8, 4) is 0 Å². The molecule has 0 amide bonds. The van der Waals surface area contributed by atoms with Crippen LogP contribution in [0.25, 0.3) is 0 Å². The van der Waals surface area contributed by atoms with Crippen LogP contribution < -0.4 is 0 Å². The summed E-state index contributed by atoms with van der Waals surface area (Å²) in [5.74, 6) is -0.526. The van der Waals surface area contributed by atoms with Crippen molar-refractivity contribution < 1.29 is 58.5 Å². The number of hydrogen-bond donors (Lipinski definition) is 4. The summed E-state index contributed by atoms with van der Waals surface area (Å²) in [6, 6.07) is 0. The molecule has 6 aliphatic rings. The molecule has 5 fully saturated rings. The third kappa shape index (κ3) is 5.93. The van der Waals surface area contributed by atoms with Gasteiger partial charge in [0.15, 0.2) is 6.29 Å². The molecule has 1 spiro atoms. The van der Waals surface area contributed by atoms with Gasteiger partial charge < -0.3 is 44.1 Å². The van der Waals surface area contributed by atoms with Crippen molar-refractivity contribution in [3.05, 3.63) is 11.6 Å². The van der Waals surface area contributed by atoms with Crippen molar-refractivity contribution in [2.45, 2.75) is 149 Å². The van der Waals surface area contributed by atoms with Crippen LogP contribution >= 0.6 is 0 Å². The Hall–Kier alpha value is -2.09. The van der Waals surface area contributed by atoms with Crippen molar-refractivity contribution in [2.24, 2.45) is 45.3 Å². The van der Waals surface area contributed by atoms with Gasteiger partial charge in [-0.1, -0.05) is 34.6 Å². The maximum Gasteiger partial charge on any atom is 0.334 e. The number of esters is 3. The number of ether oxygens (including phenoxy) is 5. The Morgan fingerprint density at radius 2 is 1.72 bits per heavy atom. The van der Waals surface area contributed by atoms with Gasteiger partial charge in [-0.25, -0.2) is 4.79 Å². The van der Waals surface area contributed by atoms with E-state index in [2.05, 4.69) is 34.6 Å². The van der Waals surface area contributed by atoms with Gasteiger partial charge in [-0.3, -0.25) is 9.59 Å². The maximum atomic E-state index is 13.1. The second-order valence-electron chi connectivity index (χ2n) is 17.5. The van der Waals surface area contributed by atoms with E-state index in [1.165, 1.54) is 6.92 Å². The molecule has 0 unspecified atom stereocenters. The number of fused-ring (bicyclic) bond motifs is 4. The lowest BCUT2D eigenvalue weighted by Gasteiger charge is -2.70. The molecule has 3 heterocycles. The maximum absolute atomic E-state index is 13.1. The monoisotopic (exact) mass is 706 g/mol. The molecule has 0 radical (unpaired) electrons. The van der Waals surface area contributed by atoms with Crippen LogP contribution in [0.2, 0.25) is 0 Å². The summed E-state index contributed by atoms with van der Waals surface area (Å²) >= 11 is 0. The predicted octanol–water partition coefficient (Wildman–Crippen LogP) is 3.20. The van der Waals surface area contributed by atoms with Crippen molar-refractivity contribution in [1.82, 2.24) is 0 Å². The third-order valence-corrected chi connectivity index (χ3v) is 14.7. The molecule has 15 atom stereocenters. The number of aliphatic hydroxyl groups is 4. The van der Waals surface area contributed by atoms with Gasteiger partial charge in [0.1, 0.15) is 36.6 Å². The normalized spacial score (nSPS) is 46.7. The highest BCUT2D eigenvalue weighted by atomic mass is 16.7. The minimum atomic E-state index is -1.50. The smallest absolute Gasteiger partial charge is 0.334 e. The fourth-order valence-corrected chi connectivity index (χ4v) is 12.1. The zero-order valence-corrected chi connectivity index (χ0v) is 30.6. The highest BCUT2D eigenvalue weighted by Crippen LogP contribution is 2.74. The first-order chi connectivity index (χ1) is 23.4. The third-order valence-electron chi connectivity index (χ3n) is 14.7. The molecule has 0 aromatic heterocycles. The van der Waals surface area contributed by atoms with Crippen molar-refractivity contribution in [1.29, 1.82) is 0 Å². The summed E-state index contributed by atoms with van der Waals surface area (Å²) in [4.78, 5) is 37.7. The molecular weight excluding hydrogens is 648 g/mol. The fourth-order valence-electron chi connectivity index (χ4n) is 12.1. The minimum absolute atomic E-state index is 0.0285. The van der Waals surface area contributed by atoms with Gasteiger partial charge >= 0.3 is 17.9 Å². The van der Waals surface area contributed by atoms with Crippen LogP contribution in [0.5, 0.6) is 0 Å². The molecule has 282 valence electrons. The number of carbonyl (C=O) groups is 3. The van der Waals surface area contributed by atoms with Gasteiger partial charge in [0.25, 0.3) is 0 Å². The second kappa shape index (κ2) is 13.4.